The number of carbonyl (C=O) groups excluding carboxylic acids is 1. The number of aliphatic carboxylic acids is 1. The van der Waals surface area contributed by atoms with E-state index in [0.29, 0.717) is 19.4 Å². The van der Waals surface area contributed by atoms with Gasteiger partial charge in [0.2, 0.25) is 0 Å². The molecule has 3 rings (SSSR count). The van der Waals surface area contributed by atoms with Gasteiger partial charge in [-0.3, -0.25) is 4.79 Å². The van der Waals surface area contributed by atoms with Crippen LogP contribution in [0.1, 0.15) is 50.2 Å². The maximum absolute atomic E-state index is 13.0. The number of rotatable bonds is 5. The van der Waals surface area contributed by atoms with Crippen LogP contribution in [0, 0.1) is 0 Å². The van der Waals surface area contributed by atoms with E-state index < -0.39 is 18.1 Å². The number of carboxylic acids is 1. The standard InChI is InChI=1S/C19H25NO4/c1-2-17(24-15-9-5-6-10-15)18(21)20-12-14-8-4-3-7-13(14)11-16(20)19(22)23/h3-4,7-8,15-17H,2,5-6,9-12H2,1H3,(H,22,23). The van der Waals surface area contributed by atoms with Crippen molar-refractivity contribution in [1.82, 2.24) is 4.90 Å². The van der Waals surface area contributed by atoms with Crippen LogP contribution < -0.4 is 0 Å². The molecule has 130 valence electrons. The maximum atomic E-state index is 13.0. The molecule has 0 radical (unpaired) electrons. The lowest BCUT2D eigenvalue weighted by atomic mass is 9.93. The van der Waals surface area contributed by atoms with E-state index in [1.165, 1.54) is 4.90 Å². The predicted molar refractivity (Wildman–Crippen MR) is 89.5 cm³/mol. The number of carboxylic acid groups (broad SMARTS) is 1. The highest BCUT2D eigenvalue weighted by Gasteiger charge is 2.38. The summed E-state index contributed by atoms with van der Waals surface area (Å²) in [4.78, 5) is 26.2. The Hall–Kier alpha value is -1.88. The average molecular weight is 331 g/mol. The first-order valence-electron chi connectivity index (χ1n) is 8.85. The molecule has 0 aromatic heterocycles. The summed E-state index contributed by atoms with van der Waals surface area (Å²) in [6.45, 7) is 2.27. The molecule has 1 aromatic carbocycles. The van der Waals surface area contributed by atoms with Crippen molar-refractivity contribution in [3.05, 3.63) is 35.4 Å². The molecular formula is C19H25NO4. The normalized spacial score (nSPS) is 22.2. The number of amides is 1. The number of carbonyl (C=O) groups is 2. The minimum Gasteiger partial charge on any atom is -0.480 e. The van der Waals surface area contributed by atoms with E-state index in [1.54, 1.807) is 0 Å². The van der Waals surface area contributed by atoms with E-state index in [0.717, 1.165) is 36.8 Å². The minimum atomic E-state index is -0.950. The van der Waals surface area contributed by atoms with Gasteiger partial charge in [-0.25, -0.2) is 4.79 Å². The first kappa shape index (κ1) is 17.0. The van der Waals surface area contributed by atoms with E-state index in [2.05, 4.69) is 0 Å². The van der Waals surface area contributed by atoms with Gasteiger partial charge in [0.15, 0.2) is 0 Å². The molecule has 2 atom stereocenters. The van der Waals surface area contributed by atoms with Crippen LogP contribution in [0.5, 0.6) is 0 Å². The Morgan fingerprint density at radius 2 is 1.92 bits per heavy atom. The topological polar surface area (TPSA) is 66.8 Å². The van der Waals surface area contributed by atoms with Gasteiger partial charge < -0.3 is 14.7 Å². The van der Waals surface area contributed by atoms with Crippen molar-refractivity contribution in [1.29, 1.82) is 0 Å². The molecule has 1 aliphatic heterocycles. The van der Waals surface area contributed by atoms with Crippen LogP contribution in [0.25, 0.3) is 0 Å². The Balaban J connectivity index is 1.79. The second kappa shape index (κ2) is 7.34. The zero-order valence-corrected chi connectivity index (χ0v) is 14.1. The molecular weight excluding hydrogens is 306 g/mol. The molecule has 1 aliphatic carbocycles. The van der Waals surface area contributed by atoms with Crippen LogP contribution in [0.2, 0.25) is 0 Å². The number of ether oxygens (including phenoxy) is 1. The summed E-state index contributed by atoms with van der Waals surface area (Å²) in [5.74, 6) is -1.14. The predicted octanol–water partition coefficient (Wildman–Crippen LogP) is 2.76. The lowest BCUT2D eigenvalue weighted by Gasteiger charge is -2.36. The van der Waals surface area contributed by atoms with Gasteiger partial charge in [-0.1, -0.05) is 44.0 Å². The molecule has 24 heavy (non-hydrogen) atoms. The first-order chi connectivity index (χ1) is 11.6. The lowest BCUT2D eigenvalue weighted by Crippen LogP contribution is -2.52. The number of hydrogen-bond acceptors (Lipinski definition) is 3. The average Bonchev–Trinajstić information content (AvgIpc) is 3.11. The highest BCUT2D eigenvalue weighted by molar-refractivity contribution is 5.87. The molecule has 0 saturated heterocycles. The van der Waals surface area contributed by atoms with Crippen molar-refractivity contribution >= 4 is 11.9 Å². The van der Waals surface area contributed by atoms with Crippen molar-refractivity contribution in [2.45, 2.75) is 70.2 Å². The monoisotopic (exact) mass is 331 g/mol. The molecule has 1 N–H and O–H groups in total. The van der Waals surface area contributed by atoms with Crippen molar-refractivity contribution in [3.8, 4) is 0 Å². The number of nitrogens with zero attached hydrogens (tertiary/aromatic N) is 1. The molecule has 0 bridgehead atoms. The second-order valence-electron chi connectivity index (χ2n) is 6.73. The summed E-state index contributed by atoms with van der Waals surface area (Å²) >= 11 is 0. The van der Waals surface area contributed by atoms with Gasteiger partial charge >= 0.3 is 5.97 Å². The van der Waals surface area contributed by atoms with Gasteiger partial charge in [-0.2, -0.15) is 0 Å². The van der Waals surface area contributed by atoms with Gasteiger partial charge in [0.1, 0.15) is 12.1 Å². The van der Waals surface area contributed by atoms with Crippen LogP contribution in [0.4, 0.5) is 0 Å². The summed E-state index contributed by atoms with van der Waals surface area (Å²) in [6, 6.07) is 6.93. The van der Waals surface area contributed by atoms with Crippen LogP contribution in [-0.2, 0) is 27.3 Å². The van der Waals surface area contributed by atoms with E-state index in [9.17, 15) is 14.7 Å². The van der Waals surface area contributed by atoms with E-state index in [-0.39, 0.29) is 12.0 Å². The summed E-state index contributed by atoms with van der Waals surface area (Å²) in [5.41, 5.74) is 2.04. The number of benzene rings is 1. The van der Waals surface area contributed by atoms with E-state index >= 15 is 0 Å². The van der Waals surface area contributed by atoms with Gasteiger partial charge in [-0.15, -0.1) is 0 Å². The molecule has 2 unspecified atom stereocenters. The van der Waals surface area contributed by atoms with Crippen LogP contribution >= 0.6 is 0 Å². The molecule has 1 amide bonds. The van der Waals surface area contributed by atoms with Gasteiger partial charge in [0.25, 0.3) is 5.91 Å². The molecule has 1 saturated carbocycles. The lowest BCUT2D eigenvalue weighted by molar-refractivity contribution is -0.160. The number of fused-ring (bicyclic) bond motifs is 1. The fourth-order valence-electron chi connectivity index (χ4n) is 3.75. The van der Waals surface area contributed by atoms with E-state index in [4.69, 9.17) is 4.74 Å². The quantitative estimate of drug-likeness (QED) is 0.901. The van der Waals surface area contributed by atoms with Crippen molar-refractivity contribution in [2.24, 2.45) is 0 Å². The van der Waals surface area contributed by atoms with E-state index in [1.807, 2.05) is 31.2 Å². The summed E-state index contributed by atoms with van der Waals surface area (Å²) in [5, 5.41) is 9.59. The largest absolute Gasteiger partial charge is 0.480 e. The van der Waals surface area contributed by atoms with Crippen molar-refractivity contribution in [3.63, 3.8) is 0 Å². The smallest absolute Gasteiger partial charge is 0.326 e. The highest BCUT2D eigenvalue weighted by Crippen LogP contribution is 2.27. The van der Waals surface area contributed by atoms with Crippen LogP contribution in [0.3, 0.4) is 0 Å². The molecule has 1 aromatic rings. The van der Waals surface area contributed by atoms with Gasteiger partial charge in [0, 0.05) is 13.0 Å². The zero-order chi connectivity index (χ0) is 17.1. The Bertz CT molecular complexity index is 609. The molecule has 0 spiro atoms. The summed E-state index contributed by atoms with van der Waals surface area (Å²) < 4.78 is 6.01. The Labute approximate surface area is 142 Å². The maximum Gasteiger partial charge on any atom is 0.326 e. The van der Waals surface area contributed by atoms with Crippen LogP contribution in [0.15, 0.2) is 24.3 Å². The zero-order valence-electron chi connectivity index (χ0n) is 14.1. The van der Waals surface area contributed by atoms with Gasteiger partial charge in [0.05, 0.1) is 6.10 Å². The third-order valence-corrected chi connectivity index (χ3v) is 5.12. The molecule has 1 heterocycles. The SMILES string of the molecule is CCC(OC1CCCC1)C(=O)N1Cc2ccccc2CC1C(=O)O. The fourth-order valence-corrected chi connectivity index (χ4v) is 3.75. The molecule has 5 heteroatoms. The third-order valence-electron chi connectivity index (χ3n) is 5.12. The molecule has 5 nitrogen and oxygen atoms in total. The highest BCUT2D eigenvalue weighted by atomic mass is 16.5. The Kier molecular flexibility index (Phi) is 5.19. The van der Waals surface area contributed by atoms with Crippen LogP contribution in [-0.4, -0.2) is 40.1 Å². The molecule has 1 fully saturated rings. The summed E-state index contributed by atoms with van der Waals surface area (Å²) in [6.07, 6.45) is 4.80. The molecule has 2 aliphatic rings. The Morgan fingerprint density at radius 1 is 1.25 bits per heavy atom. The third kappa shape index (κ3) is 3.46. The second-order valence-corrected chi connectivity index (χ2v) is 6.73. The summed E-state index contributed by atoms with van der Waals surface area (Å²) in [7, 11) is 0. The fraction of sp³-hybridized carbons (Fsp3) is 0.579. The Morgan fingerprint density at radius 3 is 2.54 bits per heavy atom. The van der Waals surface area contributed by atoms with Crippen molar-refractivity contribution in [2.75, 3.05) is 0 Å². The number of hydrogen-bond donors (Lipinski definition) is 1. The van der Waals surface area contributed by atoms with Crippen molar-refractivity contribution < 1.29 is 19.4 Å². The minimum absolute atomic E-state index is 0.138. The van der Waals surface area contributed by atoms with Gasteiger partial charge in [-0.05, 0) is 30.4 Å². The first-order valence-corrected chi connectivity index (χ1v) is 8.85.